The molecule has 2 aliphatic heterocycles. The number of ether oxygens (including phenoxy) is 1. The lowest BCUT2D eigenvalue weighted by Crippen LogP contribution is -2.48. The molecule has 0 aliphatic carbocycles. The number of benzene rings is 1. The topological polar surface area (TPSA) is 70.2 Å². The Kier molecular flexibility index (Phi) is 5.78. The molecule has 3 rings (SSSR count). The van der Waals surface area contributed by atoms with Crippen LogP contribution in [0.15, 0.2) is 24.3 Å². The molecule has 140 valence electrons. The Labute approximate surface area is 157 Å². The smallest absolute Gasteiger partial charge is 0.327 e. The van der Waals surface area contributed by atoms with Gasteiger partial charge in [0.1, 0.15) is 6.54 Å². The van der Waals surface area contributed by atoms with E-state index in [1.165, 1.54) is 12.0 Å². The molecule has 0 aromatic heterocycles. The van der Waals surface area contributed by atoms with E-state index < -0.39 is 0 Å². The fourth-order valence-corrected chi connectivity index (χ4v) is 3.62. The first-order valence-electron chi connectivity index (χ1n) is 8.66. The molecule has 1 aromatic carbocycles. The minimum absolute atomic E-state index is 0.0255. The molecule has 0 radical (unpaired) electrons. The van der Waals surface area contributed by atoms with Crippen LogP contribution in [-0.2, 0) is 9.53 Å². The number of hydrogen-bond donors (Lipinski definition) is 0. The Hall–Kier alpha value is -2.12. The summed E-state index contributed by atoms with van der Waals surface area (Å²) < 4.78 is 4.95. The van der Waals surface area contributed by atoms with Crippen molar-refractivity contribution >= 4 is 29.4 Å². The molecule has 0 spiro atoms. The SMILES string of the molecule is COCCN1C(=O)CN(C2CCN(C(=O)c3cccc(Cl)c3)CC2)C1=O. The van der Waals surface area contributed by atoms with E-state index in [2.05, 4.69) is 0 Å². The van der Waals surface area contributed by atoms with Crippen molar-refractivity contribution < 1.29 is 19.1 Å². The van der Waals surface area contributed by atoms with Crippen molar-refractivity contribution in [2.24, 2.45) is 0 Å². The fourth-order valence-electron chi connectivity index (χ4n) is 3.43. The van der Waals surface area contributed by atoms with Crippen molar-refractivity contribution in [1.29, 1.82) is 0 Å². The van der Waals surface area contributed by atoms with Gasteiger partial charge in [-0.3, -0.25) is 14.5 Å². The second-order valence-electron chi connectivity index (χ2n) is 6.48. The van der Waals surface area contributed by atoms with E-state index in [4.69, 9.17) is 16.3 Å². The number of hydrogen-bond acceptors (Lipinski definition) is 4. The van der Waals surface area contributed by atoms with E-state index in [0.717, 1.165) is 0 Å². The van der Waals surface area contributed by atoms with Crippen molar-refractivity contribution in [3.05, 3.63) is 34.9 Å². The number of amides is 4. The molecule has 0 N–H and O–H groups in total. The summed E-state index contributed by atoms with van der Waals surface area (Å²) in [5.41, 5.74) is 0.564. The molecule has 4 amide bonds. The Morgan fingerprint density at radius 3 is 2.65 bits per heavy atom. The lowest BCUT2D eigenvalue weighted by molar-refractivity contribution is -0.125. The van der Waals surface area contributed by atoms with Crippen molar-refractivity contribution in [2.45, 2.75) is 18.9 Å². The third kappa shape index (κ3) is 3.83. The van der Waals surface area contributed by atoms with Gasteiger partial charge in [-0.2, -0.15) is 0 Å². The molecule has 2 saturated heterocycles. The first kappa shape index (κ1) is 18.7. The number of piperidine rings is 1. The van der Waals surface area contributed by atoms with Crippen LogP contribution in [0, 0.1) is 0 Å². The summed E-state index contributed by atoms with van der Waals surface area (Å²) in [6, 6.07) is 6.61. The van der Waals surface area contributed by atoms with Crippen LogP contribution >= 0.6 is 11.6 Å². The summed E-state index contributed by atoms with van der Waals surface area (Å²) in [7, 11) is 1.54. The molecular weight excluding hydrogens is 358 g/mol. The molecule has 2 aliphatic rings. The van der Waals surface area contributed by atoms with Gasteiger partial charge in [0.15, 0.2) is 0 Å². The number of carbonyl (C=O) groups excluding carboxylic acids is 3. The maximum Gasteiger partial charge on any atom is 0.327 e. The largest absolute Gasteiger partial charge is 0.383 e. The molecule has 8 heteroatoms. The number of nitrogens with zero attached hydrogens (tertiary/aromatic N) is 3. The van der Waals surface area contributed by atoms with Gasteiger partial charge in [0.2, 0.25) is 5.91 Å². The summed E-state index contributed by atoms with van der Waals surface area (Å²) in [5.74, 6) is -0.249. The quantitative estimate of drug-likeness (QED) is 0.732. The normalized spacial score (nSPS) is 18.8. The molecule has 7 nitrogen and oxygen atoms in total. The van der Waals surface area contributed by atoms with E-state index in [0.29, 0.717) is 43.1 Å². The Morgan fingerprint density at radius 2 is 2.00 bits per heavy atom. The van der Waals surface area contributed by atoms with E-state index in [1.54, 1.807) is 34.1 Å². The number of carbonyl (C=O) groups is 3. The predicted molar refractivity (Wildman–Crippen MR) is 96.1 cm³/mol. The van der Waals surface area contributed by atoms with Crippen LogP contribution in [0.4, 0.5) is 4.79 Å². The van der Waals surface area contributed by atoms with Crippen LogP contribution < -0.4 is 0 Å². The van der Waals surface area contributed by atoms with E-state index in [1.807, 2.05) is 0 Å². The number of urea groups is 1. The molecule has 26 heavy (non-hydrogen) atoms. The monoisotopic (exact) mass is 379 g/mol. The molecule has 0 bridgehead atoms. The average Bonchev–Trinajstić information content (AvgIpc) is 2.93. The zero-order valence-corrected chi connectivity index (χ0v) is 15.4. The maximum atomic E-state index is 12.6. The van der Waals surface area contributed by atoms with E-state index in [-0.39, 0.29) is 37.0 Å². The summed E-state index contributed by atoms with van der Waals surface area (Å²) >= 11 is 5.96. The Morgan fingerprint density at radius 1 is 1.27 bits per heavy atom. The van der Waals surface area contributed by atoms with Gasteiger partial charge in [0.25, 0.3) is 5.91 Å². The Bertz CT molecular complexity index is 703. The average molecular weight is 380 g/mol. The highest BCUT2D eigenvalue weighted by atomic mass is 35.5. The summed E-state index contributed by atoms with van der Waals surface area (Å²) in [6.07, 6.45) is 1.31. The van der Waals surface area contributed by atoms with Gasteiger partial charge < -0.3 is 14.5 Å². The second-order valence-corrected chi connectivity index (χ2v) is 6.92. The second kappa shape index (κ2) is 8.05. The molecule has 2 fully saturated rings. The van der Waals surface area contributed by atoms with Crippen molar-refractivity contribution in [1.82, 2.24) is 14.7 Å². The molecule has 0 saturated carbocycles. The zero-order valence-electron chi connectivity index (χ0n) is 14.7. The first-order chi connectivity index (χ1) is 12.5. The molecule has 0 unspecified atom stereocenters. The van der Waals surface area contributed by atoms with Gasteiger partial charge >= 0.3 is 6.03 Å². The highest BCUT2D eigenvalue weighted by Gasteiger charge is 2.40. The van der Waals surface area contributed by atoms with Crippen molar-refractivity contribution in [3.8, 4) is 0 Å². The lowest BCUT2D eigenvalue weighted by Gasteiger charge is -2.36. The minimum Gasteiger partial charge on any atom is -0.383 e. The number of likely N-dealkylation sites (tertiary alicyclic amines) is 1. The number of rotatable bonds is 5. The third-order valence-corrected chi connectivity index (χ3v) is 5.10. The van der Waals surface area contributed by atoms with Crippen LogP contribution in [0.1, 0.15) is 23.2 Å². The number of halogens is 1. The molecule has 1 aromatic rings. The Balaban J connectivity index is 1.58. The van der Waals surface area contributed by atoms with Crippen LogP contribution in [0.25, 0.3) is 0 Å². The summed E-state index contributed by atoms with van der Waals surface area (Å²) in [5, 5.41) is 0.531. The molecular formula is C18H22ClN3O4. The van der Waals surface area contributed by atoms with E-state index >= 15 is 0 Å². The first-order valence-corrected chi connectivity index (χ1v) is 9.04. The van der Waals surface area contributed by atoms with Crippen molar-refractivity contribution in [3.63, 3.8) is 0 Å². The standard InChI is InChI=1S/C18H22ClN3O4/c1-26-10-9-21-16(23)12-22(18(21)25)15-5-7-20(8-6-15)17(24)13-3-2-4-14(19)11-13/h2-4,11,15H,5-10,12H2,1H3. The highest BCUT2D eigenvalue weighted by Crippen LogP contribution is 2.23. The highest BCUT2D eigenvalue weighted by molar-refractivity contribution is 6.30. The zero-order chi connectivity index (χ0) is 18.7. The van der Waals surface area contributed by atoms with Gasteiger partial charge in [-0.25, -0.2) is 4.79 Å². The van der Waals surface area contributed by atoms with Gasteiger partial charge in [0, 0.05) is 36.8 Å². The number of methoxy groups -OCH3 is 1. The summed E-state index contributed by atoms with van der Waals surface area (Å²) in [6.45, 7) is 1.81. The minimum atomic E-state index is -0.258. The lowest BCUT2D eigenvalue weighted by atomic mass is 10.0. The van der Waals surface area contributed by atoms with Crippen LogP contribution in [0.2, 0.25) is 5.02 Å². The third-order valence-electron chi connectivity index (χ3n) is 4.87. The maximum absolute atomic E-state index is 12.6. The van der Waals surface area contributed by atoms with Gasteiger partial charge in [-0.05, 0) is 31.0 Å². The van der Waals surface area contributed by atoms with Crippen LogP contribution in [0.5, 0.6) is 0 Å². The van der Waals surface area contributed by atoms with Gasteiger partial charge in [0.05, 0.1) is 13.2 Å². The molecule has 2 heterocycles. The molecule has 0 atom stereocenters. The van der Waals surface area contributed by atoms with Gasteiger partial charge in [-0.1, -0.05) is 17.7 Å². The summed E-state index contributed by atoms with van der Waals surface area (Å²) in [4.78, 5) is 41.8. The predicted octanol–water partition coefficient (Wildman–Crippen LogP) is 1.86. The number of imide groups is 1. The van der Waals surface area contributed by atoms with Crippen molar-refractivity contribution in [2.75, 3.05) is 39.9 Å². The van der Waals surface area contributed by atoms with Crippen LogP contribution in [-0.4, -0.2) is 78.5 Å². The van der Waals surface area contributed by atoms with Crippen LogP contribution in [0.3, 0.4) is 0 Å². The van der Waals surface area contributed by atoms with Gasteiger partial charge in [-0.15, -0.1) is 0 Å². The fraction of sp³-hybridized carbons (Fsp3) is 0.500. The van der Waals surface area contributed by atoms with E-state index in [9.17, 15) is 14.4 Å².